The number of anilines is 2. The van der Waals surface area contributed by atoms with Crippen LogP contribution >= 0.6 is 0 Å². The number of nitrogens with zero attached hydrogens (tertiary/aromatic N) is 3. The van der Waals surface area contributed by atoms with Crippen LogP contribution in [0.25, 0.3) is 0 Å². The van der Waals surface area contributed by atoms with Crippen molar-refractivity contribution in [3.8, 4) is 11.8 Å². The number of hydrogen-bond donors (Lipinski definition) is 2. The summed E-state index contributed by atoms with van der Waals surface area (Å²) in [5.74, 6) is -0.265. The molecule has 1 aromatic carbocycles. The SMILES string of the molecule is COc1nc(NCCc2ccc(OC(F)(F)F)cc2)cc(N2CC(C(=O)O)C(C(C)C)C2)n1. The Kier molecular flexibility index (Phi) is 7.50. The Morgan fingerprint density at radius 1 is 1.24 bits per heavy atom. The van der Waals surface area contributed by atoms with Gasteiger partial charge < -0.3 is 24.8 Å². The molecule has 0 spiro atoms. The van der Waals surface area contributed by atoms with Crippen molar-refractivity contribution in [1.29, 1.82) is 0 Å². The maximum atomic E-state index is 12.3. The molecule has 0 amide bonds. The first-order valence-corrected chi connectivity index (χ1v) is 10.5. The highest BCUT2D eigenvalue weighted by Crippen LogP contribution is 2.33. The van der Waals surface area contributed by atoms with Crippen molar-refractivity contribution in [1.82, 2.24) is 9.97 Å². The monoisotopic (exact) mass is 468 g/mol. The van der Waals surface area contributed by atoms with E-state index in [0.29, 0.717) is 37.7 Å². The third kappa shape index (κ3) is 6.62. The van der Waals surface area contributed by atoms with E-state index in [4.69, 9.17) is 4.74 Å². The zero-order valence-corrected chi connectivity index (χ0v) is 18.6. The molecule has 0 aliphatic carbocycles. The summed E-state index contributed by atoms with van der Waals surface area (Å²) in [6, 6.07) is 7.57. The second kappa shape index (κ2) is 10.1. The predicted molar refractivity (Wildman–Crippen MR) is 116 cm³/mol. The van der Waals surface area contributed by atoms with Gasteiger partial charge in [-0.1, -0.05) is 26.0 Å². The topological polar surface area (TPSA) is 96.8 Å². The zero-order valence-electron chi connectivity index (χ0n) is 18.6. The molecule has 1 saturated heterocycles. The number of aromatic nitrogens is 2. The van der Waals surface area contributed by atoms with Crippen molar-refractivity contribution >= 4 is 17.6 Å². The van der Waals surface area contributed by atoms with E-state index in [2.05, 4.69) is 20.0 Å². The molecule has 1 fully saturated rings. The number of hydrogen-bond acceptors (Lipinski definition) is 7. The normalized spacial score (nSPS) is 18.5. The summed E-state index contributed by atoms with van der Waals surface area (Å²) in [6.07, 6.45) is -4.18. The fourth-order valence-electron chi connectivity index (χ4n) is 3.90. The van der Waals surface area contributed by atoms with Gasteiger partial charge in [-0.15, -0.1) is 13.2 Å². The zero-order chi connectivity index (χ0) is 24.2. The quantitative estimate of drug-likeness (QED) is 0.573. The van der Waals surface area contributed by atoms with Crippen molar-refractivity contribution in [2.75, 3.05) is 37.0 Å². The Balaban J connectivity index is 1.65. The van der Waals surface area contributed by atoms with Crippen LogP contribution in [0.4, 0.5) is 24.8 Å². The van der Waals surface area contributed by atoms with Crippen LogP contribution in [0.2, 0.25) is 0 Å². The maximum absolute atomic E-state index is 12.3. The van der Waals surface area contributed by atoms with Crippen molar-refractivity contribution in [3.05, 3.63) is 35.9 Å². The van der Waals surface area contributed by atoms with Crippen LogP contribution in [0.1, 0.15) is 19.4 Å². The number of methoxy groups -OCH3 is 1. The molecule has 11 heteroatoms. The molecule has 3 rings (SSSR count). The fraction of sp³-hybridized carbons (Fsp3) is 0.500. The van der Waals surface area contributed by atoms with Gasteiger partial charge in [-0.25, -0.2) is 0 Å². The van der Waals surface area contributed by atoms with Gasteiger partial charge in [0.1, 0.15) is 17.4 Å². The lowest BCUT2D eigenvalue weighted by Gasteiger charge is -2.20. The van der Waals surface area contributed by atoms with E-state index in [9.17, 15) is 23.1 Å². The van der Waals surface area contributed by atoms with E-state index in [1.54, 1.807) is 18.2 Å². The van der Waals surface area contributed by atoms with Crippen molar-refractivity contribution in [3.63, 3.8) is 0 Å². The highest BCUT2D eigenvalue weighted by atomic mass is 19.4. The molecular formula is C22H27F3N4O4. The summed E-state index contributed by atoms with van der Waals surface area (Å²) in [5.41, 5.74) is 0.821. The number of alkyl halides is 3. The molecule has 1 aliphatic heterocycles. The molecule has 0 bridgehead atoms. The highest BCUT2D eigenvalue weighted by molar-refractivity contribution is 5.72. The van der Waals surface area contributed by atoms with Gasteiger partial charge in [0.25, 0.3) is 0 Å². The summed E-state index contributed by atoms with van der Waals surface area (Å²) in [6.45, 7) is 5.41. The first-order valence-electron chi connectivity index (χ1n) is 10.5. The van der Waals surface area contributed by atoms with E-state index in [0.717, 1.165) is 5.56 Å². The maximum Gasteiger partial charge on any atom is 0.573 e. The molecular weight excluding hydrogens is 441 g/mol. The number of aliphatic carboxylic acids is 1. The number of carboxylic acids is 1. The Morgan fingerprint density at radius 3 is 2.48 bits per heavy atom. The van der Waals surface area contributed by atoms with E-state index in [1.807, 2.05) is 18.7 Å². The van der Waals surface area contributed by atoms with Gasteiger partial charge in [0.05, 0.1) is 13.0 Å². The molecule has 180 valence electrons. The molecule has 33 heavy (non-hydrogen) atoms. The summed E-state index contributed by atoms with van der Waals surface area (Å²) < 4.78 is 45.9. The third-order valence-electron chi connectivity index (χ3n) is 5.61. The lowest BCUT2D eigenvalue weighted by atomic mass is 9.86. The van der Waals surface area contributed by atoms with Crippen molar-refractivity contribution in [2.45, 2.75) is 26.6 Å². The van der Waals surface area contributed by atoms with Crippen molar-refractivity contribution in [2.24, 2.45) is 17.8 Å². The van der Waals surface area contributed by atoms with Crippen LogP contribution in [0.5, 0.6) is 11.8 Å². The number of carboxylic acid groups (broad SMARTS) is 1. The first kappa shape index (κ1) is 24.4. The molecule has 1 aliphatic rings. The molecule has 2 N–H and O–H groups in total. The van der Waals surface area contributed by atoms with Crippen LogP contribution in [0.15, 0.2) is 30.3 Å². The van der Waals surface area contributed by atoms with Crippen LogP contribution in [0.3, 0.4) is 0 Å². The smallest absolute Gasteiger partial charge is 0.481 e. The van der Waals surface area contributed by atoms with Crippen LogP contribution < -0.4 is 19.7 Å². The number of benzene rings is 1. The Labute approximate surface area is 189 Å². The highest BCUT2D eigenvalue weighted by Gasteiger charge is 2.40. The second-order valence-electron chi connectivity index (χ2n) is 8.22. The van der Waals surface area contributed by atoms with Gasteiger partial charge >= 0.3 is 18.3 Å². The molecule has 1 aromatic heterocycles. The molecule has 2 unspecified atom stereocenters. The van der Waals surface area contributed by atoms with E-state index in [1.165, 1.54) is 19.2 Å². The minimum atomic E-state index is -4.72. The number of carbonyl (C=O) groups is 1. The van der Waals surface area contributed by atoms with Gasteiger partial charge in [0, 0.05) is 25.7 Å². The molecule has 2 heterocycles. The Bertz CT molecular complexity index is 954. The molecule has 8 nitrogen and oxygen atoms in total. The second-order valence-corrected chi connectivity index (χ2v) is 8.22. The number of nitrogens with one attached hydrogen (secondary N) is 1. The van der Waals surface area contributed by atoms with Gasteiger partial charge in [-0.3, -0.25) is 4.79 Å². The minimum Gasteiger partial charge on any atom is -0.481 e. The van der Waals surface area contributed by atoms with Crippen molar-refractivity contribution < 1.29 is 32.5 Å². The van der Waals surface area contributed by atoms with Gasteiger partial charge in [-0.2, -0.15) is 9.97 Å². The summed E-state index contributed by atoms with van der Waals surface area (Å²) in [4.78, 5) is 22.3. The molecule has 0 saturated carbocycles. The fourth-order valence-corrected chi connectivity index (χ4v) is 3.90. The van der Waals surface area contributed by atoms with E-state index < -0.39 is 18.2 Å². The third-order valence-corrected chi connectivity index (χ3v) is 5.61. The summed E-state index contributed by atoms with van der Waals surface area (Å²) in [7, 11) is 1.45. The summed E-state index contributed by atoms with van der Waals surface area (Å²) in [5, 5.41) is 12.8. The minimum absolute atomic E-state index is 0.00386. The predicted octanol–water partition coefficient (Wildman–Crippen LogP) is 3.83. The van der Waals surface area contributed by atoms with Gasteiger partial charge in [0.2, 0.25) is 0 Å². The lowest BCUT2D eigenvalue weighted by molar-refractivity contribution is -0.274. The van der Waals surface area contributed by atoms with Gasteiger partial charge in [0.15, 0.2) is 0 Å². The summed E-state index contributed by atoms with van der Waals surface area (Å²) >= 11 is 0. The van der Waals surface area contributed by atoms with Crippen LogP contribution in [0, 0.1) is 17.8 Å². The molecule has 0 radical (unpaired) electrons. The largest absolute Gasteiger partial charge is 0.573 e. The van der Waals surface area contributed by atoms with Crippen LogP contribution in [-0.4, -0.2) is 54.2 Å². The first-order chi connectivity index (χ1) is 15.6. The number of rotatable bonds is 9. The molecule has 2 atom stereocenters. The number of ether oxygens (including phenoxy) is 2. The standard InChI is InChI=1S/C22H27F3N4O4/c1-13(2)16-11-29(12-17(16)20(30)31)19-10-18(27-21(28-19)32-3)26-9-8-14-4-6-15(7-5-14)33-22(23,24)25/h4-7,10,13,16-17H,8-9,11-12H2,1-3H3,(H,30,31)(H,26,27,28). The molecule has 2 aromatic rings. The van der Waals surface area contributed by atoms with Crippen LogP contribution in [-0.2, 0) is 11.2 Å². The number of halogens is 3. The Hall–Kier alpha value is -3.24. The van der Waals surface area contributed by atoms with Gasteiger partial charge in [-0.05, 0) is 36.0 Å². The average Bonchev–Trinajstić information content (AvgIpc) is 3.20. The van der Waals surface area contributed by atoms with E-state index >= 15 is 0 Å². The van der Waals surface area contributed by atoms with E-state index in [-0.39, 0.29) is 23.6 Å². The lowest BCUT2D eigenvalue weighted by Crippen LogP contribution is -2.25. The Morgan fingerprint density at radius 2 is 1.94 bits per heavy atom. The average molecular weight is 468 g/mol.